The van der Waals surface area contributed by atoms with Crippen LogP contribution < -0.4 is 5.32 Å². The van der Waals surface area contributed by atoms with E-state index in [2.05, 4.69) is 5.32 Å². The van der Waals surface area contributed by atoms with E-state index in [0.29, 0.717) is 0 Å². The van der Waals surface area contributed by atoms with Gasteiger partial charge < -0.3 is 24.0 Å². The van der Waals surface area contributed by atoms with Crippen LogP contribution in [0, 0.1) is 5.92 Å². The van der Waals surface area contributed by atoms with Crippen molar-refractivity contribution in [1.82, 2.24) is 5.32 Å². The molecule has 0 spiro atoms. The molecule has 2 amide bonds. The zero-order chi connectivity index (χ0) is 19.6. The summed E-state index contributed by atoms with van der Waals surface area (Å²) in [4.78, 5) is 41.9. The Bertz CT molecular complexity index is 667. The lowest BCUT2D eigenvalue weighted by atomic mass is 9.92. The van der Waals surface area contributed by atoms with Gasteiger partial charge in [0.2, 0.25) is 11.8 Å². The molecule has 0 radical (unpaired) electrons. The van der Waals surface area contributed by atoms with Crippen LogP contribution in [0.2, 0.25) is 0 Å². The summed E-state index contributed by atoms with van der Waals surface area (Å²) in [5.74, 6) is -1.000. The highest BCUT2D eigenvalue weighted by Crippen LogP contribution is 2.42. The van der Waals surface area contributed by atoms with Gasteiger partial charge in [0, 0.05) is 19.0 Å². The number of imide groups is 1. The summed E-state index contributed by atoms with van der Waals surface area (Å²) in [6, 6.07) is 0. The van der Waals surface area contributed by atoms with E-state index in [1.807, 2.05) is 13.8 Å². The average Bonchev–Trinajstić information content (AvgIpc) is 2.83. The van der Waals surface area contributed by atoms with Crippen LogP contribution in [-0.4, -0.2) is 59.2 Å². The molecule has 0 saturated carbocycles. The number of hydrogen-bond acceptors (Lipinski definition) is 6. The molecule has 2 rings (SSSR count). The molecule has 2 heterocycles. The van der Waals surface area contributed by atoms with Gasteiger partial charge in [-0.15, -0.1) is 0 Å². The van der Waals surface area contributed by atoms with Crippen molar-refractivity contribution in [3.63, 3.8) is 0 Å². The number of amides is 2. The van der Waals surface area contributed by atoms with Gasteiger partial charge in [0.25, 0.3) is 0 Å². The summed E-state index contributed by atoms with van der Waals surface area (Å²) in [5, 5.41) is 2.21. The van der Waals surface area contributed by atoms with Crippen molar-refractivity contribution in [2.45, 2.75) is 51.3 Å². The molecular formula is C16H24NO8P. The summed E-state index contributed by atoms with van der Waals surface area (Å²) >= 11 is 0. The number of rotatable bonds is 6. The molecule has 2 aliphatic rings. The fraction of sp³-hybridized carbons (Fsp3) is 0.625. The van der Waals surface area contributed by atoms with Crippen molar-refractivity contribution in [2.75, 3.05) is 7.11 Å². The van der Waals surface area contributed by atoms with Crippen LogP contribution in [-0.2, 0) is 28.4 Å². The van der Waals surface area contributed by atoms with Gasteiger partial charge in [0.15, 0.2) is 0 Å². The molecule has 3 N–H and O–H groups in total. The Hall–Kier alpha value is -1.35. The molecule has 2 unspecified atom stereocenters. The van der Waals surface area contributed by atoms with Crippen molar-refractivity contribution >= 4 is 19.4 Å². The Morgan fingerprint density at radius 3 is 2.50 bits per heavy atom. The van der Waals surface area contributed by atoms with Crippen molar-refractivity contribution in [3.8, 4) is 0 Å². The van der Waals surface area contributed by atoms with Gasteiger partial charge in [-0.25, -0.2) is 0 Å². The van der Waals surface area contributed by atoms with Crippen LogP contribution >= 0.6 is 7.60 Å². The molecule has 1 saturated heterocycles. The van der Waals surface area contributed by atoms with E-state index < -0.39 is 49.7 Å². The third-order valence-electron chi connectivity index (χ3n) is 4.13. The lowest BCUT2D eigenvalue weighted by molar-refractivity contribution is -0.135. The van der Waals surface area contributed by atoms with E-state index in [1.165, 1.54) is 26.2 Å². The summed E-state index contributed by atoms with van der Waals surface area (Å²) in [5.41, 5.74) is 0.282. The maximum atomic E-state index is 12.2. The predicted octanol–water partition coefficient (Wildman–Crippen LogP) is 0.473. The second-order valence-electron chi connectivity index (χ2n) is 6.57. The highest BCUT2D eigenvalue weighted by molar-refractivity contribution is 7.55. The first-order valence-corrected chi connectivity index (χ1v) is 9.83. The van der Waals surface area contributed by atoms with Gasteiger partial charge in [-0.1, -0.05) is 6.08 Å². The fourth-order valence-electron chi connectivity index (χ4n) is 3.19. The van der Waals surface area contributed by atoms with E-state index in [-0.39, 0.29) is 11.7 Å². The monoisotopic (exact) mass is 389 g/mol. The molecular weight excluding hydrogens is 365 g/mol. The Morgan fingerprint density at radius 2 is 2.00 bits per heavy atom. The predicted molar refractivity (Wildman–Crippen MR) is 91.0 cm³/mol. The first kappa shape index (κ1) is 21.0. The Balaban J connectivity index is 2.38. The van der Waals surface area contributed by atoms with Gasteiger partial charge in [-0.2, -0.15) is 0 Å². The summed E-state index contributed by atoms with van der Waals surface area (Å²) in [6.07, 6.45) is -0.455. The molecule has 0 aromatic carbocycles. The minimum Gasteiger partial charge on any atom is -0.376 e. The highest BCUT2D eigenvalue weighted by Gasteiger charge is 2.51. The van der Waals surface area contributed by atoms with E-state index in [0.717, 1.165) is 5.82 Å². The number of methoxy groups -OCH3 is 1. The SMILES string of the molecule is COC1[C@H](C2C=CC(=O)NC2=O)O[C@H](/C(C)=C/P(=O)(O)O)[C@@H]1OC(C)C. The van der Waals surface area contributed by atoms with E-state index in [4.69, 9.17) is 14.2 Å². The van der Waals surface area contributed by atoms with E-state index in [1.54, 1.807) is 0 Å². The second kappa shape index (κ2) is 8.12. The summed E-state index contributed by atoms with van der Waals surface area (Å²) in [6.45, 7) is 5.14. The standard InChI is InChI=1S/C16H24NO8P/c1-8(2)24-15-12(9(3)7-26(20,21)22)25-13(14(15)23-4)10-5-6-11(18)17-16(10)19/h5-8,10,12-15H,1-4H3,(H,17,18,19)(H2,20,21,22)/b9-7+/t10?,12-,13+,14?,15+/m1/s1. The quantitative estimate of drug-likeness (QED) is 0.441. The Kier molecular flexibility index (Phi) is 6.55. The summed E-state index contributed by atoms with van der Waals surface area (Å²) < 4.78 is 28.7. The van der Waals surface area contributed by atoms with Crippen molar-refractivity contribution in [3.05, 3.63) is 23.5 Å². The number of hydrogen-bond donors (Lipinski definition) is 3. The first-order valence-electron chi connectivity index (χ1n) is 8.15. The molecule has 1 fully saturated rings. The van der Waals surface area contributed by atoms with E-state index in [9.17, 15) is 23.9 Å². The molecule has 146 valence electrons. The lowest BCUT2D eigenvalue weighted by Crippen LogP contribution is -2.47. The van der Waals surface area contributed by atoms with Crippen LogP contribution in [0.4, 0.5) is 0 Å². The average molecular weight is 389 g/mol. The smallest absolute Gasteiger partial charge is 0.349 e. The van der Waals surface area contributed by atoms with Gasteiger partial charge in [-0.05, 0) is 26.3 Å². The largest absolute Gasteiger partial charge is 0.376 e. The maximum Gasteiger partial charge on any atom is 0.349 e. The van der Waals surface area contributed by atoms with Crippen molar-refractivity contribution in [1.29, 1.82) is 0 Å². The topological polar surface area (TPSA) is 131 Å². The minimum absolute atomic E-state index is 0.206. The molecule has 0 aromatic heterocycles. The first-order chi connectivity index (χ1) is 12.0. The van der Waals surface area contributed by atoms with Crippen LogP contribution in [0.3, 0.4) is 0 Å². The summed E-state index contributed by atoms with van der Waals surface area (Å²) in [7, 11) is -2.97. The van der Waals surface area contributed by atoms with Gasteiger partial charge in [-0.3, -0.25) is 19.5 Å². The zero-order valence-electron chi connectivity index (χ0n) is 15.0. The number of carbonyl (C=O) groups excluding carboxylic acids is 2. The molecule has 10 heteroatoms. The van der Waals surface area contributed by atoms with Gasteiger partial charge >= 0.3 is 7.60 Å². The highest BCUT2D eigenvalue weighted by atomic mass is 31.2. The second-order valence-corrected chi connectivity index (χ2v) is 8.01. The van der Waals surface area contributed by atoms with Crippen molar-refractivity contribution in [2.24, 2.45) is 5.92 Å². The third kappa shape index (κ3) is 4.88. The third-order valence-corrected chi connectivity index (χ3v) is 4.87. The maximum absolute atomic E-state index is 12.2. The fourth-order valence-corrected chi connectivity index (χ4v) is 3.87. The Morgan fingerprint density at radius 1 is 1.35 bits per heavy atom. The minimum atomic E-state index is -4.41. The van der Waals surface area contributed by atoms with Crippen LogP contribution in [0.1, 0.15) is 20.8 Å². The number of carbonyl (C=O) groups is 2. The van der Waals surface area contributed by atoms with Gasteiger partial charge in [0.1, 0.15) is 24.4 Å². The van der Waals surface area contributed by atoms with Crippen LogP contribution in [0.25, 0.3) is 0 Å². The zero-order valence-corrected chi connectivity index (χ0v) is 15.9. The molecule has 26 heavy (non-hydrogen) atoms. The van der Waals surface area contributed by atoms with E-state index >= 15 is 0 Å². The number of nitrogens with one attached hydrogen (secondary N) is 1. The molecule has 9 nitrogen and oxygen atoms in total. The molecule has 0 aliphatic carbocycles. The van der Waals surface area contributed by atoms with Crippen LogP contribution in [0.15, 0.2) is 23.5 Å². The van der Waals surface area contributed by atoms with Crippen LogP contribution in [0.5, 0.6) is 0 Å². The lowest BCUT2D eigenvalue weighted by Gasteiger charge is -2.28. The Labute approximate surface area is 151 Å². The molecule has 2 aliphatic heterocycles. The normalized spacial score (nSPS) is 33.0. The van der Waals surface area contributed by atoms with Crippen molar-refractivity contribution < 1.29 is 38.2 Å². The number of ether oxygens (including phenoxy) is 3. The molecule has 5 atom stereocenters. The molecule has 0 aromatic rings. The van der Waals surface area contributed by atoms with Gasteiger partial charge in [0.05, 0.1) is 12.0 Å². The molecule has 0 bridgehead atoms.